The Morgan fingerprint density at radius 1 is 1.38 bits per heavy atom. The molecule has 0 heteroatoms. The fourth-order valence-corrected chi connectivity index (χ4v) is 0.535. The van der Waals surface area contributed by atoms with Gasteiger partial charge in [0.2, 0.25) is 0 Å². The summed E-state index contributed by atoms with van der Waals surface area (Å²) in [5.74, 6) is 0. The Balaban J connectivity index is 3.24. The highest BCUT2D eigenvalue weighted by Crippen LogP contribution is 2.20. The molecule has 48 valence electrons. The van der Waals surface area contributed by atoms with E-state index in [0.29, 0.717) is 5.41 Å². The van der Waals surface area contributed by atoms with E-state index in [-0.39, 0.29) is 0 Å². The van der Waals surface area contributed by atoms with Crippen molar-refractivity contribution >= 4 is 0 Å². The van der Waals surface area contributed by atoms with Gasteiger partial charge in [-0.3, -0.25) is 0 Å². The van der Waals surface area contributed by atoms with Crippen LogP contribution in [0.25, 0.3) is 0 Å². The lowest BCUT2D eigenvalue weighted by Crippen LogP contribution is -2.02. The van der Waals surface area contributed by atoms with Gasteiger partial charge in [-0.1, -0.05) is 26.8 Å². The summed E-state index contributed by atoms with van der Waals surface area (Å²) in [4.78, 5) is 0. The summed E-state index contributed by atoms with van der Waals surface area (Å²) in [5, 5.41) is 0. The molecule has 0 aromatic rings. The van der Waals surface area contributed by atoms with Crippen LogP contribution in [0.2, 0.25) is 0 Å². The zero-order valence-corrected chi connectivity index (χ0v) is 6.20. The van der Waals surface area contributed by atoms with Crippen molar-refractivity contribution in [2.75, 3.05) is 0 Å². The summed E-state index contributed by atoms with van der Waals surface area (Å²) >= 11 is 0. The van der Waals surface area contributed by atoms with Crippen molar-refractivity contribution in [1.82, 2.24) is 0 Å². The van der Waals surface area contributed by atoms with Crippen molar-refractivity contribution in [3.05, 3.63) is 12.7 Å². The van der Waals surface area contributed by atoms with Crippen LogP contribution in [0.15, 0.2) is 12.7 Å². The van der Waals surface area contributed by atoms with Crippen molar-refractivity contribution < 1.29 is 0 Å². The molecule has 0 aliphatic rings. The second kappa shape index (κ2) is 2.91. The van der Waals surface area contributed by atoms with Crippen molar-refractivity contribution in [3.63, 3.8) is 0 Å². The third kappa shape index (κ3) is 5.74. The van der Waals surface area contributed by atoms with Crippen LogP contribution in [0.4, 0.5) is 0 Å². The van der Waals surface area contributed by atoms with Crippen LogP contribution in [-0.2, 0) is 0 Å². The minimum atomic E-state index is 0.480. The van der Waals surface area contributed by atoms with Crippen LogP contribution < -0.4 is 0 Å². The van der Waals surface area contributed by atoms with Gasteiger partial charge in [0.15, 0.2) is 0 Å². The largest absolute Gasteiger partial charge is 0.103 e. The monoisotopic (exact) mass is 112 g/mol. The fraction of sp³-hybridized carbons (Fsp3) is 0.750. The summed E-state index contributed by atoms with van der Waals surface area (Å²) in [5.41, 5.74) is 0.480. The molecule has 0 N–H and O–H groups in total. The zero-order valence-electron chi connectivity index (χ0n) is 6.20. The van der Waals surface area contributed by atoms with Gasteiger partial charge in [-0.15, -0.1) is 6.58 Å². The van der Waals surface area contributed by atoms with Gasteiger partial charge in [-0.05, 0) is 18.3 Å². The van der Waals surface area contributed by atoms with Gasteiger partial charge in [-0.2, -0.15) is 0 Å². The highest BCUT2D eigenvalue weighted by molar-refractivity contribution is 4.71. The van der Waals surface area contributed by atoms with Gasteiger partial charge in [0.25, 0.3) is 0 Å². The number of rotatable bonds is 2. The Kier molecular flexibility index (Phi) is 2.81. The molecular formula is C8H16. The summed E-state index contributed by atoms with van der Waals surface area (Å²) in [6, 6.07) is 0. The zero-order chi connectivity index (χ0) is 6.62. The maximum absolute atomic E-state index is 3.66. The standard InChI is InChI=1S/C8H16/c1-5-6-7-8(2,3)4/h5H,1,6-7H2,2-4H3. The molecule has 0 atom stereocenters. The first-order valence-corrected chi connectivity index (χ1v) is 3.17. The van der Waals surface area contributed by atoms with Crippen molar-refractivity contribution in [2.45, 2.75) is 33.6 Å². The van der Waals surface area contributed by atoms with E-state index in [0.717, 1.165) is 6.42 Å². The van der Waals surface area contributed by atoms with Crippen molar-refractivity contribution in [3.8, 4) is 0 Å². The van der Waals surface area contributed by atoms with Crippen LogP contribution in [0.1, 0.15) is 33.6 Å². The maximum Gasteiger partial charge on any atom is -0.0348 e. The highest BCUT2D eigenvalue weighted by Gasteiger charge is 2.06. The van der Waals surface area contributed by atoms with Gasteiger partial charge in [0.05, 0.1) is 0 Å². The minimum absolute atomic E-state index is 0.480. The molecule has 0 unspecified atom stereocenters. The molecule has 0 bridgehead atoms. The minimum Gasteiger partial charge on any atom is -0.103 e. The summed E-state index contributed by atoms with van der Waals surface area (Å²) in [6.45, 7) is 10.4. The molecule has 0 amide bonds. The van der Waals surface area contributed by atoms with E-state index < -0.39 is 0 Å². The molecule has 0 aromatic carbocycles. The Labute approximate surface area is 52.6 Å². The number of hydrogen-bond donors (Lipinski definition) is 0. The van der Waals surface area contributed by atoms with E-state index >= 15 is 0 Å². The Bertz CT molecular complexity index is 64.6. The van der Waals surface area contributed by atoms with Crippen molar-refractivity contribution in [1.29, 1.82) is 0 Å². The second-order valence-electron chi connectivity index (χ2n) is 3.39. The molecule has 0 saturated carbocycles. The first-order valence-electron chi connectivity index (χ1n) is 3.17. The lowest BCUT2D eigenvalue weighted by Gasteiger charge is -2.15. The molecule has 0 heterocycles. The molecule has 0 aliphatic carbocycles. The summed E-state index contributed by atoms with van der Waals surface area (Å²) in [7, 11) is 0. The lowest BCUT2D eigenvalue weighted by atomic mass is 9.91. The molecule has 0 rings (SSSR count). The summed E-state index contributed by atoms with van der Waals surface area (Å²) < 4.78 is 0. The van der Waals surface area contributed by atoms with E-state index in [4.69, 9.17) is 0 Å². The first-order chi connectivity index (χ1) is 3.56. The molecule has 0 fully saturated rings. The van der Waals surface area contributed by atoms with E-state index in [1.54, 1.807) is 0 Å². The average molecular weight is 112 g/mol. The summed E-state index contributed by atoms with van der Waals surface area (Å²) in [6.07, 6.45) is 4.37. The van der Waals surface area contributed by atoms with Crippen LogP contribution >= 0.6 is 0 Å². The third-order valence-corrected chi connectivity index (χ3v) is 1.10. The first kappa shape index (κ1) is 7.74. The third-order valence-electron chi connectivity index (χ3n) is 1.10. The second-order valence-corrected chi connectivity index (χ2v) is 3.39. The molecular weight excluding hydrogens is 96.1 g/mol. The molecule has 8 heavy (non-hydrogen) atoms. The normalized spacial score (nSPS) is 11.4. The topological polar surface area (TPSA) is 0 Å². The lowest BCUT2D eigenvalue weighted by molar-refractivity contribution is 0.381. The Hall–Kier alpha value is -0.260. The van der Waals surface area contributed by atoms with Gasteiger partial charge in [0.1, 0.15) is 0 Å². The van der Waals surface area contributed by atoms with E-state index in [9.17, 15) is 0 Å². The van der Waals surface area contributed by atoms with Gasteiger partial charge >= 0.3 is 0 Å². The SMILES string of the molecule is C=CCCC(C)(C)C. The van der Waals surface area contributed by atoms with E-state index in [1.165, 1.54) is 6.42 Å². The molecule has 0 nitrogen and oxygen atoms in total. The fourth-order valence-electron chi connectivity index (χ4n) is 0.535. The number of hydrogen-bond acceptors (Lipinski definition) is 0. The highest BCUT2D eigenvalue weighted by atomic mass is 14.1. The van der Waals surface area contributed by atoms with E-state index in [2.05, 4.69) is 27.4 Å². The van der Waals surface area contributed by atoms with E-state index in [1.807, 2.05) is 6.08 Å². The Morgan fingerprint density at radius 3 is 2.00 bits per heavy atom. The van der Waals surface area contributed by atoms with Gasteiger partial charge < -0.3 is 0 Å². The number of allylic oxidation sites excluding steroid dienone is 1. The van der Waals surface area contributed by atoms with Crippen LogP contribution in [0.3, 0.4) is 0 Å². The molecule has 0 aliphatic heterocycles. The van der Waals surface area contributed by atoms with Crippen LogP contribution in [-0.4, -0.2) is 0 Å². The molecule has 0 saturated heterocycles. The smallest absolute Gasteiger partial charge is 0.0348 e. The predicted molar refractivity (Wildman–Crippen MR) is 38.9 cm³/mol. The maximum atomic E-state index is 3.66. The molecule has 0 spiro atoms. The van der Waals surface area contributed by atoms with Gasteiger partial charge in [0, 0.05) is 0 Å². The quantitative estimate of drug-likeness (QED) is 0.482. The average Bonchev–Trinajstić information content (AvgIpc) is 1.59. The molecule has 0 radical (unpaired) electrons. The molecule has 0 aromatic heterocycles. The Morgan fingerprint density at radius 2 is 1.88 bits per heavy atom. The van der Waals surface area contributed by atoms with Gasteiger partial charge in [-0.25, -0.2) is 0 Å². The predicted octanol–water partition coefficient (Wildman–Crippen LogP) is 3.00. The van der Waals surface area contributed by atoms with Crippen molar-refractivity contribution in [2.24, 2.45) is 5.41 Å². The van der Waals surface area contributed by atoms with Crippen LogP contribution in [0, 0.1) is 5.41 Å². The van der Waals surface area contributed by atoms with Crippen LogP contribution in [0.5, 0.6) is 0 Å².